The first-order chi connectivity index (χ1) is 14.1. The molecule has 0 saturated carbocycles. The van der Waals surface area contributed by atoms with Crippen LogP contribution in [0.2, 0.25) is 0 Å². The van der Waals surface area contributed by atoms with E-state index < -0.39 is 0 Å². The van der Waals surface area contributed by atoms with Crippen LogP contribution in [0.5, 0.6) is 5.75 Å². The van der Waals surface area contributed by atoms with Crippen molar-refractivity contribution < 1.29 is 4.74 Å². The van der Waals surface area contributed by atoms with E-state index in [9.17, 15) is 0 Å². The number of anilines is 1. The Morgan fingerprint density at radius 1 is 1.14 bits per heavy atom. The normalized spacial score (nSPS) is 21.7. The van der Waals surface area contributed by atoms with E-state index in [0.29, 0.717) is 12.0 Å². The van der Waals surface area contributed by atoms with Gasteiger partial charge in [0.1, 0.15) is 5.75 Å². The summed E-state index contributed by atoms with van der Waals surface area (Å²) in [6.45, 7) is 12.1. The number of aromatic amines is 1. The number of nitrogens with one attached hydrogen (secondary N) is 1. The number of piperazine rings is 1. The monoisotopic (exact) mass is 397 g/mol. The van der Waals surface area contributed by atoms with Crippen molar-refractivity contribution in [3.63, 3.8) is 0 Å². The van der Waals surface area contributed by atoms with Gasteiger partial charge in [0.15, 0.2) is 0 Å². The minimum absolute atomic E-state index is 0.480. The van der Waals surface area contributed by atoms with Crippen molar-refractivity contribution in [2.24, 2.45) is 0 Å². The number of rotatable bonds is 6. The Kier molecular flexibility index (Phi) is 6.40. The van der Waals surface area contributed by atoms with Crippen molar-refractivity contribution >= 4 is 5.69 Å². The number of likely N-dealkylation sites (tertiary alicyclic amines) is 1. The van der Waals surface area contributed by atoms with Crippen LogP contribution in [0, 0.1) is 0 Å². The number of methoxy groups -OCH3 is 1. The Labute approximate surface area is 174 Å². The van der Waals surface area contributed by atoms with E-state index in [1.807, 2.05) is 6.07 Å². The molecule has 2 aromatic rings. The predicted octanol–water partition coefficient (Wildman–Crippen LogP) is 3.33. The molecule has 4 rings (SSSR count). The van der Waals surface area contributed by atoms with Gasteiger partial charge in [0.05, 0.1) is 18.5 Å². The van der Waals surface area contributed by atoms with E-state index in [0.717, 1.165) is 45.0 Å². The highest BCUT2D eigenvalue weighted by atomic mass is 16.5. The smallest absolute Gasteiger partial charge is 0.142 e. The van der Waals surface area contributed by atoms with Crippen molar-refractivity contribution in [1.82, 2.24) is 20.0 Å². The van der Waals surface area contributed by atoms with Crippen molar-refractivity contribution in [3.8, 4) is 5.75 Å². The molecule has 3 heterocycles. The quantitative estimate of drug-likeness (QED) is 0.810. The lowest BCUT2D eigenvalue weighted by Gasteiger charge is -2.44. The van der Waals surface area contributed by atoms with E-state index in [-0.39, 0.29) is 0 Å². The first kappa shape index (κ1) is 20.2. The summed E-state index contributed by atoms with van der Waals surface area (Å²) in [4.78, 5) is 7.76. The van der Waals surface area contributed by atoms with Crippen LogP contribution < -0.4 is 9.64 Å². The number of aromatic nitrogens is 2. The van der Waals surface area contributed by atoms with E-state index >= 15 is 0 Å². The van der Waals surface area contributed by atoms with Crippen molar-refractivity contribution in [2.45, 2.75) is 45.2 Å². The Morgan fingerprint density at radius 2 is 1.93 bits per heavy atom. The fourth-order valence-electron chi connectivity index (χ4n) is 4.69. The Morgan fingerprint density at radius 3 is 2.66 bits per heavy atom. The van der Waals surface area contributed by atoms with Crippen LogP contribution in [0.15, 0.2) is 30.3 Å². The van der Waals surface area contributed by atoms with Crippen molar-refractivity contribution in [2.75, 3.05) is 51.3 Å². The van der Waals surface area contributed by atoms with Gasteiger partial charge < -0.3 is 9.64 Å². The van der Waals surface area contributed by atoms with Crippen LogP contribution >= 0.6 is 0 Å². The summed E-state index contributed by atoms with van der Waals surface area (Å²) in [5.41, 5.74) is 3.64. The second-order valence-corrected chi connectivity index (χ2v) is 8.70. The maximum Gasteiger partial charge on any atom is 0.142 e. The van der Waals surface area contributed by atoms with Gasteiger partial charge in [0.2, 0.25) is 0 Å². The number of nitrogens with zero attached hydrogens (tertiary/aromatic N) is 4. The van der Waals surface area contributed by atoms with Gasteiger partial charge in [-0.3, -0.25) is 14.9 Å². The zero-order chi connectivity index (χ0) is 20.2. The van der Waals surface area contributed by atoms with Crippen LogP contribution in [0.3, 0.4) is 0 Å². The summed E-state index contributed by atoms with van der Waals surface area (Å²) in [6, 6.07) is 11.3. The molecule has 0 bridgehead atoms. The van der Waals surface area contributed by atoms with Gasteiger partial charge in [-0.15, -0.1) is 0 Å². The number of para-hydroxylation sites is 2. The fraction of sp³-hybridized carbons (Fsp3) is 0.609. The number of ether oxygens (including phenoxy) is 1. The topological polar surface area (TPSA) is 47.6 Å². The number of benzene rings is 1. The molecule has 2 aliphatic heterocycles. The minimum atomic E-state index is 0.480. The molecule has 1 aromatic heterocycles. The predicted molar refractivity (Wildman–Crippen MR) is 118 cm³/mol. The van der Waals surface area contributed by atoms with Crippen LogP contribution in [0.1, 0.15) is 44.0 Å². The summed E-state index contributed by atoms with van der Waals surface area (Å²) >= 11 is 0. The number of H-pyrrole nitrogens is 1. The molecule has 0 spiro atoms. The third-order valence-corrected chi connectivity index (χ3v) is 6.37. The fourth-order valence-corrected chi connectivity index (χ4v) is 4.69. The van der Waals surface area contributed by atoms with Gasteiger partial charge in [0.25, 0.3) is 0 Å². The van der Waals surface area contributed by atoms with Crippen molar-refractivity contribution in [3.05, 3.63) is 41.7 Å². The highest BCUT2D eigenvalue weighted by Crippen LogP contribution is 2.29. The van der Waals surface area contributed by atoms with Crippen LogP contribution in [0.25, 0.3) is 0 Å². The maximum absolute atomic E-state index is 5.56. The van der Waals surface area contributed by atoms with Crippen LogP contribution in [-0.4, -0.2) is 72.4 Å². The third kappa shape index (κ3) is 4.75. The lowest BCUT2D eigenvalue weighted by Crippen LogP contribution is -2.55. The molecule has 0 aliphatic carbocycles. The highest BCUT2D eigenvalue weighted by molar-refractivity contribution is 5.58. The molecule has 0 radical (unpaired) electrons. The number of hydrogen-bond donors (Lipinski definition) is 1. The van der Waals surface area contributed by atoms with Gasteiger partial charge >= 0.3 is 0 Å². The molecular weight excluding hydrogens is 362 g/mol. The van der Waals surface area contributed by atoms with Crippen LogP contribution in [0.4, 0.5) is 5.69 Å². The summed E-state index contributed by atoms with van der Waals surface area (Å²) in [5.74, 6) is 1.46. The van der Waals surface area contributed by atoms with Gasteiger partial charge in [-0.05, 0) is 43.5 Å². The van der Waals surface area contributed by atoms with Gasteiger partial charge in [-0.2, -0.15) is 5.10 Å². The Hall–Kier alpha value is -2.05. The molecule has 2 saturated heterocycles. The standard InChI is InChI=1S/C23H35N5O/c1-18(2)21-15-19(24-25-21)16-26-10-6-7-20(17-26)27-11-13-28(14-12-27)22-8-4-5-9-23(22)29-3/h4-5,8-9,15,18,20H,6-7,10-14,16-17H2,1-3H3,(H,24,25)/t20-/m0/s1. The lowest BCUT2D eigenvalue weighted by molar-refractivity contribution is 0.0880. The third-order valence-electron chi connectivity index (χ3n) is 6.37. The highest BCUT2D eigenvalue weighted by Gasteiger charge is 2.29. The largest absolute Gasteiger partial charge is 0.495 e. The molecule has 29 heavy (non-hydrogen) atoms. The molecule has 6 nitrogen and oxygen atoms in total. The summed E-state index contributed by atoms with van der Waals surface area (Å²) < 4.78 is 5.56. The van der Waals surface area contributed by atoms with Gasteiger partial charge in [-0.25, -0.2) is 0 Å². The first-order valence-electron chi connectivity index (χ1n) is 11.0. The van der Waals surface area contributed by atoms with E-state index in [4.69, 9.17) is 4.74 Å². The van der Waals surface area contributed by atoms with Crippen molar-refractivity contribution in [1.29, 1.82) is 0 Å². The van der Waals surface area contributed by atoms with E-state index in [1.165, 1.54) is 36.5 Å². The minimum Gasteiger partial charge on any atom is -0.495 e. The lowest BCUT2D eigenvalue weighted by atomic mass is 10.0. The summed E-state index contributed by atoms with van der Waals surface area (Å²) in [6.07, 6.45) is 2.59. The second kappa shape index (κ2) is 9.18. The molecule has 6 heteroatoms. The zero-order valence-corrected chi connectivity index (χ0v) is 18.1. The van der Waals surface area contributed by atoms with Gasteiger partial charge in [-0.1, -0.05) is 26.0 Å². The van der Waals surface area contributed by atoms with Crippen LogP contribution in [-0.2, 0) is 6.54 Å². The second-order valence-electron chi connectivity index (χ2n) is 8.70. The first-order valence-corrected chi connectivity index (χ1v) is 11.0. The Balaban J connectivity index is 1.31. The number of hydrogen-bond acceptors (Lipinski definition) is 5. The Bertz CT molecular complexity index is 781. The average molecular weight is 398 g/mol. The molecule has 1 aromatic carbocycles. The molecule has 0 amide bonds. The molecule has 158 valence electrons. The van der Waals surface area contributed by atoms with E-state index in [2.05, 4.69) is 63.0 Å². The molecule has 1 atom stereocenters. The SMILES string of the molecule is COc1ccccc1N1CCN([C@H]2CCCN(Cc3cc(C(C)C)n[nH]3)C2)CC1. The van der Waals surface area contributed by atoms with E-state index in [1.54, 1.807) is 7.11 Å². The number of piperidine rings is 1. The zero-order valence-electron chi connectivity index (χ0n) is 18.1. The maximum atomic E-state index is 5.56. The molecule has 2 aliphatic rings. The average Bonchev–Trinajstić information content (AvgIpc) is 3.23. The summed E-state index contributed by atoms with van der Waals surface area (Å²) in [5, 5.41) is 7.70. The summed E-state index contributed by atoms with van der Waals surface area (Å²) in [7, 11) is 1.76. The molecule has 2 fully saturated rings. The van der Waals surface area contributed by atoms with Gasteiger partial charge in [0, 0.05) is 51.0 Å². The molecular formula is C23H35N5O. The molecule has 0 unspecified atom stereocenters. The molecule has 1 N–H and O–H groups in total.